The summed E-state index contributed by atoms with van der Waals surface area (Å²) in [4.78, 5) is 77.4. The van der Waals surface area contributed by atoms with Gasteiger partial charge in [0.1, 0.15) is 6.04 Å². The van der Waals surface area contributed by atoms with Gasteiger partial charge in [0.05, 0.1) is 65.7 Å². The van der Waals surface area contributed by atoms with E-state index in [0.717, 1.165) is 0 Å². The molecule has 57 heavy (non-hydrogen) atoms. The Balaban J connectivity index is 1.72. The highest BCUT2D eigenvalue weighted by molar-refractivity contribution is 5.78. The molecule has 0 spiro atoms. The lowest BCUT2D eigenvalue weighted by Gasteiger charge is -2.35. The molecule has 1 atom stereocenters. The number of ether oxygens (including phenoxy) is 4. The van der Waals surface area contributed by atoms with Crippen LogP contribution in [0, 0.1) is 23.3 Å². The number of hydrogen-bond donors (Lipinski definition) is 5. The van der Waals surface area contributed by atoms with Gasteiger partial charge in [-0.1, -0.05) is 0 Å². The molecule has 1 aromatic carbocycles. The third kappa shape index (κ3) is 20.0. The van der Waals surface area contributed by atoms with Crippen molar-refractivity contribution in [2.45, 2.75) is 25.3 Å². The average Bonchev–Trinajstić information content (AvgIpc) is 3.13. The maximum Gasteiger partial charge on any atom is 0.320 e. The monoisotopic (exact) mass is 827 g/mol. The van der Waals surface area contributed by atoms with Gasteiger partial charge >= 0.3 is 29.8 Å². The van der Waals surface area contributed by atoms with Crippen molar-refractivity contribution in [3.05, 3.63) is 29.3 Å². The number of esters is 1. The molecule has 2 rings (SSSR count). The zero-order valence-electron chi connectivity index (χ0n) is 31.2. The number of rotatable bonds is 24. The normalized spacial score (nSPS) is 15.9. The first-order valence-corrected chi connectivity index (χ1v) is 17.9. The Morgan fingerprint density at radius 2 is 1.04 bits per heavy atom. The van der Waals surface area contributed by atoms with Gasteiger partial charge in [-0.15, -0.1) is 0 Å². The van der Waals surface area contributed by atoms with Crippen molar-refractivity contribution >= 4 is 35.8 Å². The molecule has 23 heteroatoms. The highest BCUT2D eigenvalue weighted by Gasteiger charge is 2.29. The maximum absolute atomic E-state index is 13.6. The molecular weight excluding hydrogens is 778 g/mol. The van der Waals surface area contributed by atoms with Gasteiger partial charge < -0.3 is 44.7 Å². The molecule has 1 aromatic rings. The number of carboxylic acids is 4. The summed E-state index contributed by atoms with van der Waals surface area (Å²) in [6, 6.07) is -1.18. The number of carbonyl (C=O) groups is 6. The van der Waals surface area contributed by atoms with E-state index in [0.29, 0.717) is 0 Å². The van der Waals surface area contributed by atoms with E-state index in [2.05, 4.69) is 10.1 Å². The Bertz CT molecular complexity index is 1440. The van der Waals surface area contributed by atoms with Gasteiger partial charge in [0.25, 0.3) is 0 Å². The van der Waals surface area contributed by atoms with Crippen molar-refractivity contribution in [3.63, 3.8) is 0 Å². The minimum absolute atomic E-state index is 0.0178. The molecule has 5 N–H and O–H groups in total. The lowest BCUT2D eigenvalue weighted by molar-refractivity contribution is -0.145. The van der Waals surface area contributed by atoms with Gasteiger partial charge in [-0.05, 0) is 6.42 Å². The van der Waals surface area contributed by atoms with Crippen LogP contribution in [0.5, 0.6) is 5.75 Å². The van der Waals surface area contributed by atoms with Gasteiger partial charge in [0.15, 0.2) is 11.6 Å². The van der Waals surface area contributed by atoms with Crippen LogP contribution in [0.3, 0.4) is 0 Å². The average molecular weight is 828 g/mol. The van der Waals surface area contributed by atoms with Crippen molar-refractivity contribution in [1.29, 1.82) is 0 Å². The topological polar surface area (TPSA) is 245 Å². The second-order valence-corrected chi connectivity index (χ2v) is 12.6. The summed E-state index contributed by atoms with van der Waals surface area (Å²) in [6.07, 6.45) is -0.750. The summed E-state index contributed by atoms with van der Waals surface area (Å²) < 4.78 is 73.8. The third-order valence-electron chi connectivity index (χ3n) is 8.37. The van der Waals surface area contributed by atoms with Crippen LogP contribution < -0.4 is 10.1 Å². The number of nitrogens with zero attached hydrogens (tertiary/aromatic N) is 4. The minimum Gasteiger partial charge on any atom is -0.480 e. The van der Waals surface area contributed by atoms with Crippen molar-refractivity contribution < 1.29 is 85.7 Å². The van der Waals surface area contributed by atoms with Gasteiger partial charge in [-0.3, -0.25) is 48.4 Å². The fraction of sp³-hybridized carbons (Fsp3) is 0.647. The molecule has 0 radical (unpaired) electrons. The number of halogens is 4. The summed E-state index contributed by atoms with van der Waals surface area (Å²) in [5, 5.41) is 40.9. The Morgan fingerprint density at radius 1 is 0.614 bits per heavy atom. The molecule has 1 heterocycles. The van der Waals surface area contributed by atoms with Crippen LogP contribution in [0.15, 0.2) is 6.07 Å². The predicted molar refractivity (Wildman–Crippen MR) is 186 cm³/mol. The van der Waals surface area contributed by atoms with Gasteiger partial charge in [-0.2, -0.15) is 8.78 Å². The van der Waals surface area contributed by atoms with E-state index in [1.54, 1.807) is 19.6 Å². The molecule has 322 valence electrons. The van der Waals surface area contributed by atoms with E-state index < -0.39 is 77.2 Å². The number of amides is 1. The number of nitrogens with one attached hydrogen (secondary N) is 1. The van der Waals surface area contributed by atoms with Crippen LogP contribution in [0.2, 0.25) is 0 Å². The number of benzene rings is 1. The molecule has 1 aliphatic rings. The highest BCUT2D eigenvalue weighted by atomic mass is 19.2. The molecule has 19 nitrogen and oxygen atoms in total. The summed E-state index contributed by atoms with van der Waals surface area (Å²) >= 11 is 0. The van der Waals surface area contributed by atoms with Crippen molar-refractivity contribution in [2.24, 2.45) is 0 Å². The first-order chi connectivity index (χ1) is 27.1. The van der Waals surface area contributed by atoms with Crippen molar-refractivity contribution in [3.8, 4) is 5.75 Å². The summed E-state index contributed by atoms with van der Waals surface area (Å²) in [7, 11) is 0. The Labute approximate surface area is 324 Å². The second kappa shape index (κ2) is 26.4. The Morgan fingerprint density at radius 3 is 1.47 bits per heavy atom. The molecule has 0 aromatic heterocycles. The van der Waals surface area contributed by atoms with E-state index in [-0.39, 0.29) is 137 Å². The number of aliphatic carboxylic acids is 4. The quantitative estimate of drug-likeness (QED) is 0.0288. The standard InChI is InChI=1S/C34H49F4N5O14/c35-23-19-24(36)32(38)33(31(23)37)57-30(51)3-13-54-15-17-56-18-16-55-14-4-39-26(44)2-1-25(34(52)53)43-11-9-41(21-28(47)48)7-5-40(20-27(45)46)6-8-42(10-12-43)22-29(49)50/h19,25H,1-18,20-22H2,(H,39,44)(H,45,46)(H,47,48)(H,49,50)(H,52,53). The van der Waals surface area contributed by atoms with E-state index in [1.165, 1.54) is 0 Å². The first kappa shape index (κ1) is 48.6. The molecule has 1 saturated heterocycles. The fourth-order valence-corrected chi connectivity index (χ4v) is 5.50. The van der Waals surface area contributed by atoms with E-state index in [9.17, 15) is 66.8 Å². The summed E-state index contributed by atoms with van der Waals surface area (Å²) in [6.45, 7) is 0.328. The number of carbonyl (C=O) groups excluding carboxylic acids is 2. The van der Waals surface area contributed by atoms with Crippen LogP contribution >= 0.6 is 0 Å². The Kier molecular flexibility index (Phi) is 22.5. The second-order valence-electron chi connectivity index (χ2n) is 12.6. The predicted octanol–water partition coefficient (Wildman–Crippen LogP) is -0.587. The van der Waals surface area contributed by atoms with E-state index in [1.807, 2.05) is 0 Å². The molecule has 0 saturated carbocycles. The maximum atomic E-state index is 13.6. The summed E-state index contributed by atoms with van der Waals surface area (Å²) in [5.74, 6) is -14.8. The first-order valence-electron chi connectivity index (χ1n) is 17.9. The third-order valence-corrected chi connectivity index (χ3v) is 8.37. The molecule has 1 unspecified atom stereocenters. The molecule has 0 aliphatic carbocycles. The van der Waals surface area contributed by atoms with Gasteiger partial charge in [0.2, 0.25) is 23.3 Å². The number of carboxylic acid groups (broad SMARTS) is 4. The smallest absolute Gasteiger partial charge is 0.320 e. The largest absolute Gasteiger partial charge is 0.480 e. The zero-order valence-corrected chi connectivity index (χ0v) is 31.2. The van der Waals surface area contributed by atoms with Crippen LogP contribution in [0.4, 0.5) is 17.6 Å². The molecule has 1 amide bonds. The lowest BCUT2D eigenvalue weighted by atomic mass is 10.1. The van der Waals surface area contributed by atoms with Crippen LogP contribution in [0.1, 0.15) is 19.3 Å². The van der Waals surface area contributed by atoms with E-state index >= 15 is 0 Å². The highest BCUT2D eigenvalue weighted by Crippen LogP contribution is 2.26. The van der Waals surface area contributed by atoms with Gasteiger partial charge in [0, 0.05) is 71.4 Å². The Hall–Kier alpha value is -4.52. The fourth-order valence-electron chi connectivity index (χ4n) is 5.50. The van der Waals surface area contributed by atoms with Gasteiger partial charge in [-0.25, -0.2) is 8.78 Å². The van der Waals surface area contributed by atoms with Crippen LogP contribution in [-0.4, -0.2) is 200 Å². The van der Waals surface area contributed by atoms with Crippen molar-refractivity contribution in [2.75, 3.05) is 118 Å². The minimum atomic E-state index is -1.84. The molecular formula is C34H49F4N5O14. The molecule has 0 bridgehead atoms. The summed E-state index contributed by atoms with van der Waals surface area (Å²) in [5.41, 5.74) is 0. The molecule has 1 aliphatic heterocycles. The van der Waals surface area contributed by atoms with Crippen LogP contribution in [-0.2, 0) is 43.0 Å². The number of hydrogen-bond acceptors (Lipinski definition) is 14. The zero-order chi connectivity index (χ0) is 42.3. The molecule has 1 fully saturated rings. The van der Waals surface area contributed by atoms with Crippen molar-refractivity contribution in [1.82, 2.24) is 24.9 Å². The van der Waals surface area contributed by atoms with Crippen LogP contribution in [0.25, 0.3) is 0 Å². The van der Waals surface area contributed by atoms with E-state index in [4.69, 9.17) is 14.2 Å². The SMILES string of the molecule is O=C(O)CN1CCN(CC(=O)O)CCN(C(CCC(=O)NCCOCCOCCOCCC(=O)Oc2c(F)c(F)cc(F)c2F)C(=O)O)CCN(CC(=O)O)CC1. The lowest BCUT2D eigenvalue weighted by Crippen LogP contribution is -2.52.